The zero-order valence-electron chi connectivity index (χ0n) is 12.5. The van der Waals surface area contributed by atoms with E-state index in [2.05, 4.69) is 15.3 Å². The Morgan fingerprint density at radius 2 is 1.92 bits per heavy atom. The number of aliphatic carboxylic acids is 1. The first kappa shape index (κ1) is 18.0. The Morgan fingerprint density at radius 3 is 2.54 bits per heavy atom. The fourth-order valence-corrected chi connectivity index (χ4v) is 2.25. The van der Waals surface area contributed by atoms with E-state index in [1.807, 2.05) is 0 Å². The monoisotopic (exact) mass is 369 g/mol. The molecule has 0 aliphatic rings. The highest BCUT2D eigenvalue weighted by Crippen LogP contribution is 2.24. The lowest BCUT2D eigenvalue weighted by atomic mass is 10.1. The standard InChI is InChI=1S/C15H13Cl2N3O4/c1-7-14(23)13(15(24)18-6-12(21)22)20-11(19-7)5-8-2-3-9(16)10(17)4-8/h2-4,23H,5-6H2,1H3,(H,18,24)(H,21,22). The maximum Gasteiger partial charge on any atom is 0.322 e. The minimum Gasteiger partial charge on any atom is -0.504 e. The fourth-order valence-electron chi connectivity index (χ4n) is 1.93. The van der Waals surface area contributed by atoms with Crippen LogP contribution in [0.15, 0.2) is 18.2 Å². The number of hydrogen-bond acceptors (Lipinski definition) is 5. The topological polar surface area (TPSA) is 112 Å². The fraction of sp³-hybridized carbons (Fsp3) is 0.200. The van der Waals surface area contributed by atoms with E-state index < -0.39 is 24.2 Å². The molecule has 0 unspecified atom stereocenters. The average molecular weight is 370 g/mol. The van der Waals surface area contributed by atoms with E-state index in [1.54, 1.807) is 18.2 Å². The molecule has 1 aromatic heterocycles. The summed E-state index contributed by atoms with van der Waals surface area (Å²) in [5.74, 6) is -2.11. The van der Waals surface area contributed by atoms with Crippen molar-refractivity contribution in [1.29, 1.82) is 0 Å². The summed E-state index contributed by atoms with van der Waals surface area (Å²) >= 11 is 11.8. The third-order valence-electron chi connectivity index (χ3n) is 3.07. The molecule has 0 saturated carbocycles. The highest BCUT2D eigenvalue weighted by atomic mass is 35.5. The third kappa shape index (κ3) is 4.33. The lowest BCUT2D eigenvalue weighted by Gasteiger charge is -2.09. The number of amides is 1. The molecular formula is C15H13Cl2N3O4. The van der Waals surface area contributed by atoms with Crippen LogP contribution in [0, 0.1) is 6.92 Å². The maximum atomic E-state index is 12.0. The van der Waals surface area contributed by atoms with Gasteiger partial charge < -0.3 is 15.5 Å². The Kier molecular flexibility index (Phi) is 5.58. The molecule has 3 N–H and O–H groups in total. The van der Waals surface area contributed by atoms with Crippen LogP contribution in [-0.4, -0.2) is 38.6 Å². The largest absolute Gasteiger partial charge is 0.504 e. The molecule has 7 nitrogen and oxygen atoms in total. The van der Waals surface area contributed by atoms with Gasteiger partial charge in [0.25, 0.3) is 5.91 Å². The van der Waals surface area contributed by atoms with Gasteiger partial charge in [-0.25, -0.2) is 9.97 Å². The SMILES string of the molecule is Cc1nc(Cc2ccc(Cl)c(Cl)c2)nc(C(=O)NCC(=O)O)c1O. The van der Waals surface area contributed by atoms with Crippen LogP contribution in [0.4, 0.5) is 0 Å². The van der Waals surface area contributed by atoms with Crippen LogP contribution in [-0.2, 0) is 11.2 Å². The average Bonchev–Trinajstić information content (AvgIpc) is 2.52. The molecule has 2 rings (SSSR count). The summed E-state index contributed by atoms with van der Waals surface area (Å²) in [6.07, 6.45) is 0.261. The van der Waals surface area contributed by atoms with Gasteiger partial charge >= 0.3 is 5.97 Å². The highest BCUT2D eigenvalue weighted by Gasteiger charge is 2.18. The zero-order valence-corrected chi connectivity index (χ0v) is 14.0. The van der Waals surface area contributed by atoms with Gasteiger partial charge in [-0.15, -0.1) is 0 Å². The highest BCUT2D eigenvalue weighted by molar-refractivity contribution is 6.42. The normalized spacial score (nSPS) is 10.5. The first-order chi connectivity index (χ1) is 11.3. The number of aromatic hydroxyl groups is 1. The molecule has 0 atom stereocenters. The molecular weight excluding hydrogens is 357 g/mol. The van der Waals surface area contributed by atoms with E-state index in [9.17, 15) is 14.7 Å². The predicted octanol–water partition coefficient (Wildman–Crippen LogP) is 2.20. The number of carboxylic acid groups (broad SMARTS) is 1. The summed E-state index contributed by atoms with van der Waals surface area (Å²) in [5.41, 5.74) is 0.700. The van der Waals surface area contributed by atoms with Crippen LogP contribution in [0.1, 0.15) is 27.6 Å². The summed E-state index contributed by atoms with van der Waals surface area (Å²) in [6, 6.07) is 5.02. The molecule has 0 fully saturated rings. The summed E-state index contributed by atoms with van der Waals surface area (Å²) < 4.78 is 0. The summed E-state index contributed by atoms with van der Waals surface area (Å²) in [5, 5.41) is 21.5. The number of hydrogen-bond donors (Lipinski definition) is 3. The van der Waals surface area contributed by atoms with Gasteiger partial charge in [-0.3, -0.25) is 9.59 Å². The minimum absolute atomic E-state index is 0.209. The number of carbonyl (C=O) groups is 2. The minimum atomic E-state index is -1.20. The second-order valence-electron chi connectivity index (χ2n) is 4.92. The molecule has 0 bridgehead atoms. The number of carboxylic acids is 1. The van der Waals surface area contributed by atoms with E-state index in [0.717, 1.165) is 5.56 Å². The van der Waals surface area contributed by atoms with Crippen LogP contribution >= 0.6 is 23.2 Å². The second-order valence-corrected chi connectivity index (χ2v) is 5.74. The van der Waals surface area contributed by atoms with Crippen molar-refractivity contribution in [2.24, 2.45) is 0 Å². The number of aryl methyl sites for hydroxylation is 1. The molecule has 0 spiro atoms. The summed E-state index contributed by atoms with van der Waals surface area (Å²) in [4.78, 5) is 30.6. The molecule has 0 aliphatic heterocycles. The zero-order chi connectivity index (χ0) is 17.9. The second kappa shape index (κ2) is 7.46. The van der Waals surface area contributed by atoms with E-state index in [0.29, 0.717) is 10.0 Å². The van der Waals surface area contributed by atoms with Crippen LogP contribution in [0.2, 0.25) is 10.0 Å². The van der Waals surface area contributed by atoms with Crippen LogP contribution in [0.25, 0.3) is 0 Å². The summed E-state index contributed by atoms with van der Waals surface area (Å²) in [7, 11) is 0. The first-order valence-corrected chi connectivity index (χ1v) is 7.54. The lowest BCUT2D eigenvalue weighted by molar-refractivity contribution is -0.135. The van der Waals surface area contributed by atoms with Gasteiger partial charge in [0.1, 0.15) is 12.4 Å². The third-order valence-corrected chi connectivity index (χ3v) is 3.81. The summed E-state index contributed by atoms with van der Waals surface area (Å²) in [6.45, 7) is 0.937. The Bertz CT molecular complexity index is 812. The number of benzene rings is 1. The molecule has 0 saturated heterocycles. The smallest absolute Gasteiger partial charge is 0.322 e. The number of halogens is 2. The number of rotatable bonds is 5. The van der Waals surface area contributed by atoms with Crippen molar-refractivity contribution >= 4 is 35.1 Å². The molecule has 2 aromatic rings. The van der Waals surface area contributed by atoms with E-state index in [-0.39, 0.29) is 23.6 Å². The van der Waals surface area contributed by atoms with Gasteiger partial charge in [0, 0.05) is 6.42 Å². The van der Waals surface area contributed by atoms with Gasteiger partial charge in [-0.05, 0) is 24.6 Å². The Balaban J connectivity index is 2.29. The predicted molar refractivity (Wildman–Crippen MR) is 87.7 cm³/mol. The van der Waals surface area contributed by atoms with Crippen molar-refractivity contribution in [3.63, 3.8) is 0 Å². The molecule has 9 heteroatoms. The van der Waals surface area contributed by atoms with Crippen LogP contribution < -0.4 is 5.32 Å². The van der Waals surface area contributed by atoms with E-state index >= 15 is 0 Å². The molecule has 0 radical (unpaired) electrons. The van der Waals surface area contributed by atoms with Crippen molar-refractivity contribution in [1.82, 2.24) is 15.3 Å². The van der Waals surface area contributed by atoms with Crippen molar-refractivity contribution < 1.29 is 19.8 Å². The Morgan fingerprint density at radius 1 is 1.21 bits per heavy atom. The number of carbonyl (C=O) groups excluding carboxylic acids is 1. The van der Waals surface area contributed by atoms with Crippen molar-refractivity contribution in [2.75, 3.05) is 6.54 Å². The van der Waals surface area contributed by atoms with E-state index in [4.69, 9.17) is 28.3 Å². The molecule has 24 heavy (non-hydrogen) atoms. The van der Waals surface area contributed by atoms with Crippen LogP contribution in [0.5, 0.6) is 5.75 Å². The first-order valence-electron chi connectivity index (χ1n) is 6.78. The Hall–Kier alpha value is -2.38. The van der Waals surface area contributed by atoms with E-state index in [1.165, 1.54) is 6.92 Å². The molecule has 0 aliphatic carbocycles. The van der Waals surface area contributed by atoms with Crippen molar-refractivity contribution in [2.45, 2.75) is 13.3 Å². The molecule has 1 aromatic carbocycles. The van der Waals surface area contributed by atoms with Gasteiger partial charge in [0.05, 0.1) is 15.7 Å². The van der Waals surface area contributed by atoms with Gasteiger partial charge in [-0.2, -0.15) is 0 Å². The molecule has 126 valence electrons. The Labute approximate surface area is 147 Å². The number of nitrogens with one attached hydrogen (secondary N) is 1. The van der Waals surface area contributed by atoms with Crippen molar-refractivity contribution in [3.8, 4) is 5.75 Å². The number of nitrogens with zero attached hydrogens (tertiary/aromatic N) is 2. The van der Waals surface area contributed by atoms with Gasteiger partial charge in [0.15, 0.2) is 11.4 Å². The lowest BCUT2D eigenvalue weighted by Crippen LogP contribution is -2.30. The van der Waals surface area contributed by atoms with Crippen molar-refractivity contribution in [3.05, 3.63) is 51.0 Å². The molecule has 1 amide bonds. The maximum absolute atomic E-state index is 12.0. The quantitative estimate of drug-likeness (QED) is 0.744. The van der Waals surface area contributed by atoms with Gasteiger partial charge in [-0.1, -0.05) is 29.3 Å². The van der Waals surface area contributed by atoms with Crippen LogP contribution in [0.3, 0.4) is 0 Å². The molecule has 1 heterocycles. The number of aromatic nitrogens is 2. The van der Waals surface area contributed by atoms with Gasteiger partial charge in [0.2, 0.25) is 0 Å².